The molecule has 4 nitrogen and oxygen atoms in total. The van der Waals surface area contributed by atoms with Crippen LogP contribution >= 0.6 is 27.5 Å². The molecule has 1 unspecified atom stereocenters. The number of benzene rings is 2. The number of aromatic hydroxyl groups is 1. The maximum atomic E-state index is 10.2. The van der Waals surface area contributed by atoms with E-state index in [0.29, 0.717) is 15.8 Å². The van der Waals surface area contributed by atoms with E-state index in [1.165, 1.54) is 6.07 Å². The first-order chi connectivity index (χ1) is 12.2. The van der Waals surface area contributed by atoms with Gasteiger partial charge in [0.1, 0.15) is 11.5 Å². The molecule has 0 aliphatic carbocycles. The molecular weight excluding hydrogens is 418 g/mol. The first-order valence-electron chi connectivity index (χ1n) is 8.29. The van der Waals surface area contributed by atoms with Crippen LogP contribution in [0.2, 0.25) is 5.02 Å². The molecule has 0 spiro atoms. The molecule has 0 saturated heterocycles. The van der Waals surface area contributed by atoms with E-state index in [9.17, 15) is 5.11 Å². The van der Waals surface area contributed by atoms with E-state index in [1.807, 2.05) is 12.1 Å². The molecule has 6 heteroatoms. The maximum absolute atomic E-state index is 10.2. The fourth-order valence-corrected chi connectivity index (χ4v) is 4.64. The van der Waals surface area contributed by atoms with Crippen molar-refractivity contribution in [3.05, 3.63) is 44.9 Å². The number of phenols is 1. The Morgan fingerprint density at radius 3 is 2.73 bits per heavy atom. The molecule has 136 valence electrons. The zero-order valence-electron chi connectivity index (χ0n) is 14.9. The number of fused-ring (bicyclic) bond motifs is 5. The number of halogens is 2. The van der Waals surface area contributed by atoms with E-state index in [-0.39, 0.29) is 16.3 Å². The molecule has 2 aliphatic heterocycles. The average Bonchev–Trinajstić information content (AvgIpc) is 2.56. The quantitative estimate of drug-likeness (QED) is 0.565. The topological polar surface area (TPSA) is 50.7 Å². The van der Waals surface area contributed by atoms with Gasteiger partial charge in [-0.15, -0.1) is 0 Å². The molecule has 0 aromatic heterocycles. The van der Waals surface area contributed by atoms with Gasteiger partial charge in [-0.05, 0) is 60.0 Å². The first-order valence-corrected chi connectivity index (χ1v) is 9.46. The van der Waals surface area contributed by atoms with E-state index < -0.39 is 6.29 Å². The number of hydrogen-bond acceptors (Lipinski definition) is 4. The second-order valence-electron chi connectivity index (χ2n) is 7.20. The average molecular weight is 437 g/mol. The van der Waals surface area contributed by atoms with Gasteiger partial charge in [0.05, 0.1) is 15.0 Å². The Morgan fingerprint density at radius 1 is 1.31 bits per heavy atom. The van der Waals surface area contributed by atoms with Crippen molar-refractivity contribution in [2.24, 2.45) is 0 Å². The van der Waals surface area contributed by atoms with Gasteiger partial charge in [-0.2, -0.15) is 0 Å². The number of ether oxygens (including phenoxy) is 2. The van der Waals surface area contributed by atoms with Crippen LogP contribution in [0, 0.1) is 0 Å². The van der Waals surface area contributed by atoms with Gasteiger partial charge in [-0.1, -0.05) is 23.7 Å². The van der Waals surface area contributed by atoms with Crippen molar-refractivity contribution in [2.75, 3.05) is 12.4 Å². The number of nitrogens with one attached hydrogen (secondary N) is 1. The summed E-state index contributed by atoms with van der Waals surface area (Å²) in [5.74, 6) is 0.574. The number of methoxy groups -OCH3 is 1. The molecule has 2 N–H and O–H groups in total. The van der Waals surface area contributed by atoms with Crippen LogP contribution < -0.4 is 10.1 Å². The van der Waals surface area contributed by atoms with Crippen LogP contribution in [0.25, 0.3) is 16.7 Å². The summed E-state index contributed by atoms with van der Waals surface area (Å²) >= 11 is 9.90. The van der Waals surface area contributed by atoms with Crippen LogP contribution in [0.4, 0.5) is 5.69 Å². The van der Waals surface area contributed by atoms with E-state index in [4.69, 9.17) is 21.1 Å². The molecule has 0 bridgehead atoms. The monoisotopic (exact) mass is 435 g/mol. The Balaban J connectivity index is 2.07. The van der Waals surface area contributed by atoms with E-state index in [1.54, 1.807) is 7.11 Å². The number of allylic oxidation sites excluding steroid dienone is 1. The number of anilines is 1. The van der Waals surface area contributed by atoms with Crippen molar-refractivity contribution < 1.29 is 14.6 Å². The predicted molar refractivity (Wildman–Crippen MR) is 108 cm³/mol. The van der Waals surface area contributed by atoms with Gasteiger partial charge >= 0.3 is 0 Å². The molecule has 0 fully saturated rings. The van der Waals surface area contributed by atoms with Gasteiger partial charge in [0.15, 0.2) is 0 Å². The van der Waals surface area contributed by atoms with Crippen molar-refractivity contribution in [1.82, 2.24) is 0 Å². The Morgan fingerprint density at radius 2 is 2.04 bits per heavy atom. The van der Waals surface area contributed by atoms with Gasteiger partial charge < -0.3 is 19.9 Å². The third-order valence-corrected chi connectivity index (χ3v) is 5.74. The molecule has 0 radical (unpaired) electrons. The summed E-state index contributed by atoms with van der Waals surface area (Å²) in [5, 5.41) is 14.0. The smallest absolute Gasteiger partial charge is 0.227 e. The Hall–Kier alpha value is -1.69. The highest BCUT2D eigenvalue weighted by molar-refractivity contribution is 9.10. The minimum absolute atomic E-state index is 0.00644. The first kappa shape index (κ1) is 17.7. The summed E-state index contributed by atoms with van der Waals surface area (Å²) in [6, 6.07) is 5.58. The standard InChI is InChI=1S/C20H19BrClNO3/c1-9-8-20(2,3)23-12-6-5-10-15(14(9)12)19(25-4)26-18-11(21)7-13(24)17(22)16(10)18/h5-8,19,23-24H,1-4H3. The molecule has 2 aromatic rings. The lowest BCUT2D eigenvalue weighted by atomic mass is 9.84. The van der Waals surface area contributed by atoms with Crippen LogP contribution in [0.3, 0.4) is 0 Å². The third kappa shape index (κ3) is 2.53. The summed E-state index contributed by atoms with van der Waals surface area (Å²) < 4.78 is 12.4. The molecule has 0 amide bonds. The lowest BCUT2D eigenvalue weighted by Crippen LogP contribution is -2.32. The van der Waals surface area contributed by atoms with Crippen molar-refractivity contribution >= 4 is 38.8 Å². The molecule has 4 rings (SSSR count). The number of hydrogen-bond donors (Lipinski definition) is 2. The highest BCUT2D eigenvalue weighted by Crippen LogP contribution is 2.55. The molecular formula is C20H19BrClNO3. The summed E-state index contributed by atoms with van der Waals surface area (Å²) in [4.78, 5) is 0. The van der Waals surface area contributed by atoms with Crippen LogP contribution in [0.1, 0.15) is 38.2 Å². The lowest BCUT2D eigenvalue weighted by molar-refractivity contribution is -0.0584. The van der Waals surface area contributed by atoms with E-state index in [0.717, 1.165) is 28.0 Å². The van der Waals surface area contributed by atoms with Crippen molar-refractivity contribution in [3.8, 4) is 22.6 Å². The fraction of sp³-hybridized carbons (Fsp3) is 0.300. The molecule has 2 aromatic carbocycles. The Labute approximate surface area is 165 Å². The minimum Gasteiger partial charge on any atom is -0.506 e. The summed E-state index contributed by atoms with van der Waals surface area (Å²) in [7, 11) is 1.62. The molecule has 26 heavy (non-hydrogen) atoms. The van der Waals surface area contributed by atoms with Gasteiger partial charge in [0.25, 0.3) is 0 Å². The van der Waals surface area contributed by atoms with Crippen LogP contribution in [-0.2, 0) is 4.74 Å². The van der Waals surface area contributed by atoms with Gasteiger partial charge in [0.2, 0.25) is 6.29 Å². The Bertz CT molecular complexity index is 968. The maximum Gasteiger partial charge on any atom is 0.227 e. The van der Waals surface area contributed by atoms with E-state index >= 15 is 0 Å². The van der Waals surface area contributed by atoms with Crippen LogP contribution in [0.5, 0.6) is 11.5 Å². The van der Waals surface area contributed by atoms with Crippen LogP contribution in [-0.4, -0.2) is 17.8 Å². The van der Waals surface area contributed by atoms with Crippen molar-refractivity contribution in [2.45, 2.75) is 32.6 Å². The second-order valence-corrected chi connectivity index (χ2v) is 8.44. The molecule has 2 heterocycles. The predicted octanol–water partition coefficient (Wildman–Crippen LogP) is 6.12. The summed E-state index contributed by atoms with van der Waals surface area (Å²) in [6.45, 7) is 6.35. The lowest BCUT2D eigenvalue weighted by Gasteiger charge is -2.37. The highest BCUT2D eigenvalue weighted by Gasteiger charge is 2.36. The van der Waals surface area contributed by atoms with Crippen LogP contribution in [0.15, 0.2) is 28.7 Å². The van der Waals surface area contributed by atoms with Crippen molar-refractivity contribution in [3.63, 3.8) is 0 Å². The number of rotatable bonds is 1. The van der Waals surface area contributed by atoms with Crippen molar-refractivity contribution in [1.29, 1.82) is 0 Å². The van der Waals surface area contributed by atoms with Gasteiger partial charge in [-0.3, -0.25) is 0 Å². The van der Waals surface area contributed by atoms with E-state index in [2.05, 4.69) is 48.1 Å². The van der Waals surface area contributed by atoms with Gasteiger partial charge in [0, 0.05) is 29.5 Å². The second kappa shape index (κ2) is 5.91. The zero-order chi connectivity index (χ0) is 18.8. The van der Waals surface area contributed by atoms with Gasteiger partial charge in [-0.25, -0.2) is 0 Å². The molecule has 0 saturated carbocycles. The summed E-state index contributed by atoms with van der Waals surface area (Å²) in [5.41, 5.74) is 5.56. The SMILES string of the molecule is COC1Oc2c(Br)cc(O)c(Cl)c2-c2ccc3c(c21)C(C)=CC(C)(C)N3. The Kier molecular flexibility index (Phi) is 4.03. The largest absolute Gasteiger partial charge is 0.506 e. The molecule has 1 atom stereocenters. The number of phenolic OH excluding ortho intramolecular Hbond substituents is 1. The zero-order valence-corrected chi connectivity index (χ0v) is 17.2. The molecule has 2 aliphatic rings. The highest BCUT2D eigenvalue weighted by atomic mass is 79.9. The summed E-state index contributed by atoms with van der Waals surface area (Å²) in [6.07, 6.45) is 1.62. The normalized spacial score (nSPS) is 19.5. The minimum atomic E-state index is -0.573. The third-order valence-electron chi connectivity index (χ3n) is 4.77. The fourth-order valence-electron chi connectivity index (χ4n) is 3.89.